The van der Waals surface area contributed by atoms with Crippen LogP contribution in [0.4, 0.5) is 5.82 Å². The van der Waals surface area contributed by atoms with E-state index in [0.29, 0.717) is 17.6 Å². The van der Waals surface area contributed by atoms with Gasteiger partial charge in [0.1, 0.15) is 11.3 Å². The SMILES string of the molecule is Cc1nc2c(C)cc(-c3ccc4nc(N5CC[C@H](NC(C)(C)C)C5)ccc4n3)nc2o1. The minimum Gasteiger partial charge on any atom is -0.423 e. The van der Waals surface area contributed by atoms with Crippen molar-refractivity contribution in [3.8, 4) is 11.4 Å². The summed E-state index contributed by atoms with van der Waals surface area (Å²) in [6, 6.07) is 10.6. The molecule has 0 bridgehead atoms. The quantitative estimate of drug-likeness (QED) is 0.530. The molecule has 0 aliphatic carbocycles. The second-order valence-electron chi connectivity index (χ2n) is 9.44. The van der Waals surface area contributed by atoms with Gasteiger partial charge < -0.3 is 14.6 Å². The summed E-state index contributed by atoms with van der Waals surface area (Å²) in [6.07, 6.45) is 1.13. The van der Waals surface area contributed by atoms with Crippen molar-refractivity contribution < 1.29 is 4.42 Å². The molecule has 5 rings (SSSR count). The van der Waals surface area contributed by atoms with Gasteiger partial charge in [0.15, 0.2) is 5.89 Å². The molecule has 4 aromatic heterocycles. The largest absolute Gasteiger partial charge is 0.423 e. The van der Waals surface area contributed by atoms with Gasteiger partial charge in [0, 0.05) is 31.6 Å². The maximum atomic E-state index is 5.64. The molecule has 1 atom stereocenters. The van der Waals surface area contributed by atoms with E-state index in [1.807, 2.05) is 32.0 Å². The lowest BCUT2D eigenvalue weighted by Crippen LogP contribution is -2.44. The summed E-state index contributed by atoms with van der Waals surface area (Å²) in [7, 11) is 0. The Morgan fingerprint density at radius 1 is 0.968 bits per heavy atom. The van der Waals surface area contributed by atoms with E-state index in [2.05, 4.69) is 53.1 Å². The normalized spacial score (nSPS) is 17.2. The van der Waals surface area contributed by atoms with E-state index < -0.39 is 0 Å². The number of aryl methyl sites for hydroxylation is 2. The monoisotopic (exact) mass is 416 g/mol. The van der Waals surface area contributed by atoms with Crippen LogP contribution in [0, 0.1) is 13.8 Å². The maximum Gasteiger partial charge on any atom is 0.247 e. The second kappa shape index (κ2) is 7.27. The van der Waals surface area contributed by atoms with Crippen molar-refractivity contribution in [1.29, 1.82) is 0 Å². The van der Waals surface area contributed by atoms with Gasteiger partial charge in [-0.1, -0.05) is 0 Å². The van der Waals surface area contributed by atoms with Crippen LogP contribution >= 0.6 is 0 Å². The number of fused-ring (bicyclic) bond motifs is 2. The Hall–Kier alpha value is -3.06. The molecule has 4 aromatic rings. The third-order valence-electron chi connectivity index (χ3n) is 5.60. The Bertz CT molecular complexity index is 1270. The average Bonchev–Trinajstić information content (AvgIpc) is 3.32. The zero-order chi connectivity index (χ0) is 21.8. The number of oxazole rings is 1. The Morgan fingerprint density at radius 2 is 1.74 bits per heavy atom. The number of nitrogens with zero attached hydrogens (tertiary/aromatic N) is 5. The molecule has 1 fully saturated rings. The van der Waals surface area contributed by atoms with Gasteiger partial charge in [-0.05, 0) is 70.0 Å². The molecule has 0 aromatic carbocycles. The Morgan fingerprint density at radius 3 is 2.55 bits per heavy atom. The highest BCUT2D eigenvalue weighted by atomic mass is 16.4. The minimum atomic E-state index is 0.123. The number of hydrogen-bond donors (Lipinski definition) is 1. The predicted octanol–water partition coefficient (Wildman–Crippen LogP) is 4.42. The summed E-state index contributed by atoms with van der Waals surface area (Å²) >= 11 is 0. The summed E-state index contributed by atoms with van der Waals surface area (Å²) in [5, 5.41) is 3.70. The number of anilines is 1. The van der Waals surface area contributed by atoms with Crippen molar-refractivity contribution in [3.63, 3.8) is 0 Å². The van der Waals surface area contributed by atoms with Gasteiger partial charge in [0.05, 0.1) is 22.4 Å². The van der Waals surface area contributed by atoms with Crippen molar-refractivity contribution >= 4 is 28.1 Å². The molecule has 0 saturated carbocycles. The molecule has 1 aliphatic heterocycles. The average molecular weight is 417 g/mol. The molecule has 160 valence electrons. The van der Waals surface area contributed by atoms with Crippen molar-refractivity contribution in [2.75, 3.05) is 18.0 Å². The van der Waals surface area contributed by atoms with Crippen LogP contribution in [0.25, 0.3) is 33.7 Å². The van der Waals surface area contributed by atoms with Crippen LogP contribution in [0.5, 0.6) is 0 Å². The lowest BCUT2D eigenvalue weighted by Gasteiger charge is -2.26. The topological polar surface area (TPSA) is 80.0 Å². The van der Waals surface area contributed by atoms with Gasteiger partial charge in [0.25, 0.3) is 0 Å². The van der Waals surface area contributed by atoms with Crippen LogP contribution in [-0.4, -0.2) is 44.6 Å². The molecule has 7 nitrogen and oxygen atoms in total. The second-order valence-corrected chi connectivity index (χ2v) is 9.44. The van der Waals surface area contributed by atoms with Gasteiger partial charge in [-0.15, -0.1) is 0 Å². The van der Waals surface area contributed by atoms with E-state index in [1.165, 1.54) is 0 Å². The molecule has 1 N–H and O–H groups in total. The zero-order valence-corrected chi connectivity index (χ0v) is 18.7. The van der Waals surface area contributed by atoms with Crippen LogP contribution in [0.2, 0.25) is 0 Å². The number of rotatable bonds is 3. The lowest BCUT2D eigenvalue weighted by molar-refractivity contribution is 0.373. The van der Waals surface area contributed by atoms with Crippen LogP contribution in [-0.2, 0) is 0 Å². The first-order valence-electron chi connectivity index (χ1n) is 10.8. The highest BCUT2D eigenvalue weighted by Gasteiger charge is 2.26. The maximum absolute atomic E-state index is 5.64. The molecule has 0 amide bonds. The van der Waals surface area contributed by atoms with E-state index in [4.69, 9.17) is 14.4 Å². The minimum absolute atomic E-state index is 0.123. The Labute approximate surface area is 181 Å². The van der Waals surface area contributed by atoms with Gasteiger partial charge >= 0.3 is 0 Å². The van der Waals surface area contributed by atoms with Crippen LogP contribution in [0.15, 0.2) is 34.7 Å². The molecular weight excluding hydrogens is 388 g/mol. The standard InChI is InChI=1S/C24H28N6O/c1-14-12-20(28-23-22(14)25-15(2)31-23)19-7-6-18-17(26-19)8-9-21(27-18)30-11-10-16(13-30)29-24(3,4)5/h6-9,12,16,29H,10-11,13H2,1-5H3/t16-/m0/s1. The van der Waals surface area contributed by atoms with Crippen molar-refractivity contribution in [1.82, 2.24) is 25.3 Å². The molecule has 0 spiro atoms. The Kier molecular flexibility index (Phi) is 4.66. The summed E-state index contributed by atoms with van der Waals surface area (Å²) in [5.41, 5.74) is 5.84. The molecule has 5 heterocycles. The Balaban J connectivity index is 1.42. The van der Waals surface area contributed by atoms with Crippen LogP contribution in [0.3, 0.4) is 0 Å². The summed E-state index contributed by atoms with van der Waals surface area (Å²) < 4.78 is 5.64. The summed E-state index contributed by atoms with van der Waals surface area (Å²) in [4.78, 5) is 21.1. The smallest absolute Gasteiger partial charge is 0.247 e. The molecule has 7 heteroatoms. The first-order chi connectivity index (χ1) is 14.7. The molecule has 0 radical (unpaired) electrons. The zero-order valence-electron chi connectivity index (χ0n) is 18.7. The van der Waals surface area contributed by atoms with E-state index in [9.17, 15) is 0 Å². The summed E-state index contributed by atoms with van der Waals surface area (Å²) in [6.45, 7) is 12.5. The fourth-order valence-electron chi connectivity index (χ4n) is 4.31. The highest BCUT2D eigenvalue weighted by molar-refractivity contribution is 5.81. The van der Waals surface area contributed by atoms with E-state index >= 15 is 0 Å². The molecule has 1 aliphatic rings. The van der Waals surface area contributed by atoms with Gasteiger partial charge in [0.2, 0.25) is 5.71 Å². The van der Waals surface area contributed by atoms with E-state index in [1.54, 1.807) is 0 Å². The molecule has 31 heavy (non-hydrogen) atoms. The first-order valence-corrected chi connectivity index (χ1v) is 10.8. The third kappa shape index (κ3) is 3.97. The number of hydrogen-bond acceptors (Lipinski definition) is 7. The van der Waals surface area contributed by atoms with Gasteiger partial charge in [-0.25, -0.2) is 19.9 Å². The fraction of sp³-hybridized carbons (Fsp3) is 0.417. The first kappa shape index (κ1) is 19.9. The lowest BCUT2D eigenvalue weighted by atomic mass is 10.1. The summed E-state index contributed by atoms with van der Waals surface area (Å²) in [5.74, 6) is 1.63. The van der Waals surface area contributed by atoms with Gasteiger partial charge in [-0.3, -0.25) is 0 Å². The van der Waals surface area contributed by atoms with E-state index in [0.717, 1.165) is 58.8 Å². The third-order valence-corrected chi connectivity index (χ3v) is 5.60. The molecule has 1 saturated heterocycles. The van der Waals surface area contributed by atoms with Crippen molar-refractivity contribution in [2.45, 2.75) is 52.6 Å². The van der Waals surface area contributed by atoms with Crippen LogP contribution in [0.1, 0.15) is 38.6 Å². The van der Waals surface area contributed by atoms with Gasteiger partial charge in [-0.2, -0.15) is 0 Å². The highest BCUT2D eigenvalue weighted by Crippen LogP contribution is 2.26. The fourth-order valence-corrected chi connectivity index (χ4v) is 4.31. The van der Waals surface area contributed by atoms with Crippen molar-refractivity contribution in [3.05, 3.63) is 41.8 Å². The number of nitrogens with one attached hydrogen (secondary N) is 1. The molecular formula is C24H28N6O. The molecule has 0 unspecified atom stereocenters. The number of pyridine rings is 3. The van der Waals surface area contributed by atoms with Crippen molar-refractivity contribution in [2.24, 2.45) is 0 Å². The van der Waals surface area contributed by atoms with Crippen LogP contribution < -0.4 is 10.2 Å². The van der Waals surface area contributed by atoms with E-state index in [-0.39, 0.29) is 5.54 Å². The predicted molar refractivity (Wildman–Crippen MR) is 123 cm³/mol. The number of aromatic nitrogens is 4.